The van der Waals surface area contributed by atoms with Crippen LogP contribution < -0.4 is 10.6 Å². The highest BCUT2D eigenvalue weighted by Gasteiger charge is 2.45. The Labute approximate surface area is 98.7 Å². The zero-order valence-electron chi connectivity index (χ0n) is 9.93. The van der Waals surface area contributed by atoms with Gasteiger partial charge in [-0.2, -0.15) is 0 Å². The molecule has 0 spiro atoms. The molecule has 2 saturated heterocycles. The van der Waals surface area contributed by atoms with E-state index in [2.05, 4.69) is 31.4 Å². The van der Waals surface area contributed by atoms with Crippen LogP contribution in [0.25, 0.3) is 0 Å². The molecule has 15 heavy (non-hydrogen) atoms. The first-order valence-electron chi connectivity index (χ1n) is 5.66. The summed E-state index contributed by atoms with van der Waals surface area (Å²) in [7, 11) is 0. The topological polar surface area (TPSA) is 33.3 Å². The van der Waals surface area contributed by atoms with Gasteiger partial charge >= 0.3 is 0 Å². The van der Waals surface area contributed by atoms with E-state index in [1.54, 1.807) is 0 Å². The van der Waals surface area contributed by atoms with E-state index in [-0.39, 0.29) is 23.7 Å². The van der Waals surface area contributed by atoms with E-state index >= 15 is 0 Å². The third-order valence-electron chi connectivity index (χ3n) is 3.44. The van der Waals surface area contributed by atoms with Crippen LogP contribution in [0, 0.1) is 5.92 Å². The van der Waals surface area contributed by atoms with E-state index in [1.165, 1.54) is 12.8 Å². The van der Waals surface area contributed by atoms with Crippen LogP contribution in [-0.4, -0.2) is 31.0 Å². The van der Waals surface area contributed by atoms with Gasteiger partial charge < -0.3 is 10.1 Å². The normalized spacial score (nSPS) is 36.2. The second-order valence-corrected chi connectivity index (χ2v) is 5.43. The first-order chi connectivity index (χ1) is 6.52. The molecule has 0 aliphatic carbocycles. The van der Waals surface area contributed by atoms with Crippen LogP contribution in [0.15, 0.2) is 0 Å². The van der Waals surface area contributed by atoms with E-state index in [0.29, 0.717) is 5.92 Å². The van der Waals surface area contributed by atoms with Gasteiger partial charge in [0.05, 0.1) is 6.61 Å². The minimum absolute atomic E-state index is 0. The molecule has 0 aromatic carbocycles. The SMILES string of the molecule is CC1(C)COC(C)(C2CCNCC2)N1.Cl. The molecule has 0 bridgehead atoms. The van der Waals surface area contributed by atoms with E-state index in [9.17, 15) is 0 Å². The molecule has 1 atom stereocenters. The Balaban J connectivity index is 0.00000112. The third kappa shape index (κ3) is 2.84. The number of halogens is 1. The van der Waals surface area contributed by atoms with Gasteiger partial charge in [-0.1, -0.05) is 0 Å². The van der Waals surface area contributed by atoms with Crippen LogP contribution in [0.1, 0.15) is 33.6 Å². The number of hydrogen-bond acceptors (Lipinski definition) is 3. The van der Waals surface area contributed by atoms with Gasteiger partial charge in [0.15, 0.2) is 0 Å². The Bertz CT molecular complexity index is 217. The van der Waals surface area contributed by atoms with E-state index in [4.69, 9.17) is 4.74 Å². The lowest BCUT2D eigenvalue weighted by Gasteiger charge is -2.37. The fourth-order valence-corrected chi connectivity index (χ4v) is 2.67. The highest BCUT2D eigenvalue weighted by atomic mass is 35.5. The molecule has 2 aliphatic heterocycles. The molecule has 3 nitrogen and oxygen atoms in total. The Morgan fingerprint density at radius 2 is 1.73 bits per heavy atom. The zero-order chi connectivity index (χ0) is 10.2. The van der Waals surface area contributed by atoms with Crippen molar-refractivity contribution in [3.63, 3.8) is 0 Å². The standard InChI is InChI=1S/C11H22N2O.ClH/c1-10(2)8-14-11(3,13-10)9-4-6-12-7-5-9;/h9,12-13H,4-8H2,1-3H3;1H. The van der Waals surface area contributed by atoms with Gasteiger partial charge in [0, 0.05) is 11.5 Å². The van der Waals surface area contributed by atoms with Crippen LogP contribution >= 0.6 is 12.4 Å². The van der Waals surface area contributed by atoms with Crippen molar-refractivity contribution in [3.8, 4) is 0 Å². The van der Waals surface area contributed by atoms with Gasteiger partial charge in [-0.25, -0.2) is 0 Å². The highest BCUT2D eigenvalue weighted by Crippen LogP contribution is 2.33. The first-order valence-corrected chi connectivity index (χ1v) is 5.66. The quantitative estimate of drug-likeness (QED) is 0.722. The van der Waals surface area contributed by atoms with Gasteiger partial charge in [0.25, 0.3) is 0 Å². The monoisotopic (exact) mass is 234 g/mol. The molecule has 2 heterocycles. The van der Waals surface area contributed by atoms with Crippen LogP contribution in [0.2, 0.25) is 0 Å². The minimum atomic E-state index is -0.0917. The number of hydrogen-bond donors (Lipinski definition) is 2. The first kappa shape index (κ1) is 13.2. The molecular formula is C11H23ClN2O. The Morgan fingerprint density at radius 1 is 1.13 bits per heavy atom. The van der Waals surface area contributed by atoms with E-state index in [0.717, 1.165) is 19.7 Å². The van der Waals surface area contributed by atoms with Crippen molar-refractivity contribution in [2.45, 2.75) is 44.9 Å². The number of ether oxygens (including phenoxy) is 1. The summed E-state index contributed by atoms with van der Waals surface area (Å²) in [5.41, 5.74) is 0.0469. The smallest absolute Gasteiger partial charge is 0.119 e. The molecule has 2 rings (SSSR count). The average molecular weight is 235 g/mol. The molecule has 2 N–H and O–H groups in total. The molecule has 0 saturated carbocycles. The van der Waals surface area contributed by atoms with Crippen molar-refractivity contribution in [3.05, 3.63) is 0 Å². The lowest BCUT2D eigenvalue weighted by Crippen LogP contribution is -2.53. The summed E-state index contributed by atoms with van der Waals surface area (Å²) in [5.74, 6) is 0.658. The molecule has 2 aliphatic rings. The van der Waals surface area contributed by atoms with Gasteiger partial charge in [-0.3, -0.25) is 5.32 Å². The molecule has 0 amide bonds. The van der Waals surface area contributed by atoms with E-state index < -0.39 is 0 Å². The van der Waals surface area contributed by atoms with Crippen LogP contribution in [0.4, 0.5) is 0 Å². The second kappa shape index (κ2) is 4.58. The Hall–Kier alpha value is 0.170. The van der Waals surface area contributed by atoms with Crippen molar-refractivity contribution in [2.24, 2.45) is 5.92 Å². The van der Waals surface area contributed by atoms with Crippen molar-refractivity contribution in [1.29, 1.82) is 0 Å². The maximum atomic E-state index is 5.96. The summed E-state index contributed by atoms with van der Waals surface area (Å²) in [6.45, 7) is 9.71. The lowest BCUT2D eigenvalue weighted by atomic mass is 9.87. The van der Waals surface area contributed by atoms with Crippen molar-refractivity contribution < 1.29 is 4.74 Å². The number of piperidine rings is 1. The van der Waals surface area contributed by atoms with Crippen LogP contribution in [0.5, 0.6) is 0 Å². The summed E-state index contributed by atoms with van der Waals surface area (Å²) in [6.07, 6.45) is 2.44. The maximum absolute atomic E-state index is 5.96. The summed E-state index contributed by atoms with van der Waals surface area (Å²) in [4.78, 5) is 0. The van der Waals surface area contributed by atoms with Crippen LogP contribution in [-0.2, 0) is 4.74 Å². The summed E-state index contributed by atoms with van der Waals surface area (Å²) < 4.78 is 5.96. The molecular weight excluding hydrogens is 212 g/mol. The average Bonchev–Trinajstić information content (AvgIpc) is 2.44. The molecule has 0 aromatic rings. The third-order valence-corrected chi connectivity index (χ3v) is 3.44. The summed E-state index contributed by atoms with van der Waals surface area (Å²) >= 11 is 0. The van der Waals surface area contributed by atoms with Crippen LogP contribution in [0.3, 0.4) is 0 Å². The number of nitrogens with one attached hydrogen (secondary N) is 2. The second-order valence-electron chi connectivity index (χ2n) is 5.43. The van der Waals surface area contributed by atoms with E-state index in [1.807, 2.05) is 0 Å². The summed E-state index contributed by atoms with van der Waals surface area (Å²) in [5, 5.41) is 7.02. The van der Waals surface area contributed by atoms with Gasteiger partial charge in [-0.15, -0.1) is 12.4 Å². The van der Waals surface area contributed by atoms with Gasteiger partial charge in [-0.05, 0) is 46.7 Å². The number of rotatable bonds is 1. The van der Waals surface area contributed by atoms with Gasteiger partial charge in [0.1, 0.15) is 5.72 Å². The Kier molecular flexibility index (Phi) is 4.04. The van der Waals surface area contributed by atoms with Crippen molar-refractivity contribution >= 4 is 12.4 Å². The predicted molar refractivity (Wildman–Crippen MR) is 64.4 cm³/mol. The fraction of sp³-hybridized carbons (Fsp3) is 1.00. The largest absolute Gasteiger partial charge is 0.359 e. The van der Waals surface area contributed by atoms with Crippen molar-refractivity contribution in [1.82, 2.24) is 10.6 Å². The molecule has 2 fully saturated rings. The highest BCUT2D eigenvalue weighted by molar-refractivity contribution is 5.85. The molecule has 0 aromatic heterocycles. The molecule has 1 unspecified atom stereocenters. The maximum Gasteiger partial charge on any atom is 0.119 e. The molecule has 0 radical (unpaired) electrons. The predicted octanol–water partition coefficient (Wildman–Crippen LogP) is 1.52. The van der Waals surface area contributed by atoms with Crippen molar-refractivity contribution in [2.75, 3.05) is 19.7 Å². The lowest BCUT2D eigenvalue weighted by molar-refractivity contribution is -0.0523. The fourth-order valence-electron chi connectivity index (χ4n) is 2.67. The summed E-state index contributed by atoms with van der Waals surface area (Å²) in [6, 6.07) is 0. The van der Waals surface area contributed by atoms with Gasteiger partial charge in [0.2, 0.25) is 0 Å². The minimum Gasteiger partial charge on any atom is -0.359 e. The zero-order valence-corrected chi connectivity index (χ0v) is 10.7. The molecule has 90 valence electrons. The Morgan fingerprint density at radius 3 is 2.20 bits per heavy atom. The molecule has 4 heteroatoms.